The van der Waals surface area contributed by atoms with Gasteiger partial charge in [-0.1, -0.05) is 12.1 Å². The minimum atomic E-state index is -1.11. The van der Waals surface area contributed by atoms with Gasteiger partial charge in [-0.2, -0.15) is 0 Å². The van der Waals surface area contributed by atoms with Crippen molar-refractivity contribution in [3.8, 4) is 5.75 Å². The number of piperidine rings is 1. The number of halogens is 1. The molecule has 1 unspecified atom stereocenters. The highest BCUT2D eigenvalue weighted by Gasteiger charge is 2.37. The number of hydrogen-bond donors (Lipinski definition) is 1. The van der Waals surface area contributed by atoms with E-state index in [4.69, 9.17) is 4.74 Å². The number of methoxy groups -OCH3 is 1. The van der Waals surface area contributed by atoms with Crippen molar-refractivity contribution in [2.24, 2.45) is 0 Å². The number of hydrogen-bond acceptors (Lipinski definition) is 3. The molecule has 0 saturated carbocycles. The number of rotatable bonds is 3. The second-order valence-electron chi connectivity index (χ2n) is 6.10. The quantitative estimate of drug-likeness (QED) is 0.942. The molecular weight excluding hydrogens is 309 g/mol. The number of ether oxygens (including phenoxy) is 1. The van der Waals surface area contributed by atoms with Gasteiger partial charge >= 0.3 is 0 Å². The summed E-state index contributed by atoms with van der Waals surface area (Å²) in [7, 11) is 1.58. The number of β-amino-alcohol motifs (C(OH)–C–C–N with tert-alkyl or cyclic N) is 1. The van der Waals surface area contributed by atoms with Crippen molar-refractivity contribution >= 4 is 5.91 Å². The zero-order valence-corrected chi connectivity index (χ0v) is 13.5. The lowest BCUT2D eigenvalue weighted by atomic mass is 9.85. The van der Waals surface area contributed by atoms with Crippen molar-refractivity contribution in [1.29, 1.82) is 0 Å². The molecule has 1 aliphatic heterocycles. The number of carbonyl (C=O) groups is 1. The Bertz CT molecular complexity index is 732. The number of nitrogens with zero attached hydrogens (tertiary/aromatic N) is 1. The molecule has 1 amide bonds. The SMILES string of the molecule is COc1cccc(C2(O)CCCN(C(=O)c3ccc(F)cc3)C2)c1. The van der Waals surface area contributed by atoms with E-state index in [1.807, 2.05) is 18.2 Å². The number of carbonyl (C=O) groups excluding carboxylic acids is 1. The Kier molecular flexibility index (Phi) is 4.53. The zero-order chi connectivity index (χ0) is 17.2. The van der Waals surface area contributed by atoms with Crippen LogP contribution in [-0.4, -0.2) is 36.1 Å². The molecule has 0 spiro atoms. The molecule has 3 rings (SSSR count). The third-order valence-electron chi connectivity index (χ3n) is 4.46. The average molecular weight is 329 g/mol. The summed E-state index contributed by atoms with van der Waals surface area (Å²) in [5.41, 5.74) is 0.0485. The first-order valence-corrected chi connectivity index (χ1v) is 7.93. The monoisotopic (exact) mass is 329 g/mol. The molecule has 1 saturated heterocycles. The second-order valence-corrected chi connectivity index (χ2v) is 6.10. The van der Waals surface area contributed by atoms with E-state index in [2.05, 4.69) is 0 Å². The van der Waals surface area contributed by atoms with Crippen molar-refractivity contribution < 1.29 is 19.0 Å². The first-order valence-electron chi connectivity index (χ1n) is 7.93. The van der Waals surface area contributed by atoms with Crippen molar-refractivity contribution in [2.45, 2.75) is 18.4 Å². The number of aliphatic hydroxyl groups is 1. The normalized spacial score (nSPS) is 20.7. The largest absolute Gasteiger partial charge is 0.497 e. The molecule has 0 aliphatic carbocycles. The minimum absolute atomic E-state index is 0.198. The van der Waals surface area contributed by atoms with E-state index in [1.165, 1.54) is 24.3 Å². The molecule has 2 aromatic rings. The Labute approximate surface area is 140 Å². The molecule has 4 nitrogen and oxygen atoms in total. The van der Waals surface area contributed by atoms with Gasteiger partial charge < -0.3 is 14.7 Å². The topological polar surface area (TPSA) is 49.8 Å². The molecule has 1 atom stereocenters. The third kappa shape index (κ3) is 3.26. The van der Waals surface area contributed by atoms with E-state index in [0.29, 0.717) is 30.7 Å². The van der Waals surface area contributed by atoms with Crippen LogP contribution >= 0.6 is 0 Å². The summed E-state index contributed by atoms with van der Waals surface area (Å²) < 4.78 is 18.2. The van der Waals surface area contributed by atoms with Crippen LogP contribution in [-0.2, 0) is 5.60 Å². The van der Waals surface area contributed by atoms with Crippen molar-refractivity contribution in [3.63, 3.8) is 0 Å². The van der Waals surface area contributed by atoms with E-state index < -0.39 is 5.60 Å². The van der Waals surface area contributed by atoms with Crippen molar-refractivity contribution in [3.05, 3.63) is 65.5 Å². The number of amides is 1. The summed E-state index contributed by atoms with van der Waals surface area (Å²) in [6.07, 6.45) is 1.27. The van der Waals surface area contributed by atoms with Crippen LogP contribution in [0.25, 0.3) is 0 Å². The van der Waals surface area contributed by atoms with Crippen LogP contribution < -0.4 is 4.74 Å². The molecule has 2 aromatic carbocycles. The summed E-state index contributed by atoms with van der Waals surface area (Å²) in [5, 5.41) is 11.1. The van der Waals surface area contributed by atoms with Gasteiger partial charge in [0.1, 0.15) is 17.2 Å². The van der Waals surface area contributed by atoms with Crippen LogP contribution in [0, 0.1) is 5.82 Å². The standard InChI is InChI=1S/C19H20FNO3/c1-24-17-5-2-4-15(12-17)19(23)10-3-11-21(13-19)18(22)14-6-8-16(20)9-7-14/h2,4-9,12,23H,3,10-11,13H2,1H3. The van der Waals surface area contributed by atoms with Gasteiger partial charge in [0.15, 0.2) is 0 Å². The Morgan fingerprint density at radius 1 is 1.25 bits per heavy atom. The summed E-state index contributed by atoms with van der Waals surface area (Å²) in [4.78, 5) is 14.2. The predicted molar refractivity (Wildman–Crippen MR) is 88.4 cm³/mol. The second kappa shape index (κ2) is 6.61. The average Bonchev–Trinajstić information content (AvgIpc) is 2.62. The van der Waals surface area contributed by atoms with Gasteiger partial charge in [-0.25, -0.2) is 4.39 Å². The molecule has 24 heavy (non-hydrogen) atoms. The van der Waals surface area contributed by atoms with E-state index >= 15 is 0 Å². The van der Waals surface area contributed by atoms with E-state index in [-0.39, 0.29) is 18.3 Å². The molecule has 1 aliphatic rings. The third-order valence-corrected chi connectivity index (χ3v) is 4.46. The lowest BCUT2D eigenvalue weighted by Crippen LogP contribution is -2.48. The Hall–Kier alpha value is -2.40. The highest BCUT2D eigenvalue weighted by atomic mass is 19.1. The Morgan fingerprint density at radius 3 is 2.71 bits per heavy atom. The number of benzene rings is 2. The molecule has 5 heteroatoms. The molecular formula is C19H20FNO3. The summed E-state index contributed by atoms with van der Waals surface area (Å²) in [6, 6.07) is 12.8. The molecule has 1 heterocycles. The van der Waals surface area contributed by atoms with E-state index in [9.17, 15) is 14.3 Å². The number of likely N-dealkylation sites (tertiary alicyclic amines) is 1. The first-order chi connectivity index (χ1) is 11.5. The molecule has 1 N–H and O–H groups in total. The van der Waals surface area contributed by atoms with Gasteiger partial charge in [0.25, 0.3) is 5.91 Å². The fourth-order valence-electron chi connectivity index (χ4n) is 3.13. The van der Waals surface area contributed by atoms with Crippen LogP contribution in [0.5, 0.6) is 5.75 Å². The van der Waals surface area contributed by atoms with Crippen molar-refractivity contribution in [2.75, 3.05) is 20.2 Å². The van der Waals surface area contributed by atoms with Gasteiger partial charge in [-0.15, -0.1) is 0 Å². The molecule has 1 fully saturated rings. The maximum absolute atomic E-state index is 13.0. The first kappa shape index (κ1) is 16.5. The maximum Gasteiger partial charge on any atom is 0.253 e. The van der Waals surface area contributed by atoms with Crippen LogP contribution in [0.2, 0.25) is 0 Å². The Morgan fingerprint density at radius 2 is 2.00 bits per heavy atom. The van der Waals surface area contributed by atoms with Gasteiger partial charge in [0.05, 0.1) is 13.7 Å². The summed E-state index contributed by atoms with van der Waals surface area (Å²) in [5.74, 6) is 0.0945. The van der Waals surface area contributed by atoms with Gasteiger partial charge in [-0.3, -0.25) is 4.79 Å². The van der Waals surface area contributed by atoms with Crippen LogP contribution in [0.1, 0.15) is 28.8 Å². The fraction of sp³-hybridized carbons (Fsp3) is 0.316. The molecule has 0 aromatic heterocycles. The lowest BCUT2D eigenvalue weighted by Gasteiger charge is -2.39. The van der Waals surface area contributed by atoms with Crippen LogP contribution in [0.15, 0.2) is 48.5 Å². The van der Waals surface area contributed by atoms with E-state index in [1.54, 1.807) is 18.1 Å². The van der Waals surface area contributed by atoms with Crippen molar-refractivity contribution in [1.82, 2.24) is 4.90 Å². The molecule has 0 radical (unpaired) electrons. The highest BCUT2D eigenvalue weighted by Crippen LogP contribution is 2.33. The lowest BCUT2D eigenvalue weighted by molar-refractivity contribution is -0.0290. The van der Waals surface area contributed by atoms with Gasteiger partial charge in [0.2, 0.25) is 0 Å². The smallest absolute Gasteiger partial charge is 0.253 e. The summed E-state index contributed by atoms with van der Waals surface area (Å²) in [6.45, 7) is 0.777. The molecule has 0 bridgehead atoms. The highest BCUT2D eigenvalue weighted by molar-refractivity contribution is 5.94. The van der Waals surface area contributed by atoms with Gasteiger partial charge in [-0.05, 0) is 54.8 Å². The van der Waals surface area contributed by atoms with Crippen LogP contribution in [0.4, 0.5) is 4.39 Å². The minimum Gasteiger partial charge on any atom is -0.497 e. The van der Waals surface area contributed by atoms with E-state index in [0.717, 1.165) is 5.56 Å². The van der Waals surface area contributed by atoms with Gasteiger partial charge in [0, 0.05) is 12.1 Å². The predicted octanol–water partition coefficient (Wildman–Crippen LogP) is 2.96. The molecule has 126 valence electrons. The fourth-order valence-corrected chi connectivity index (χ4v) is 3.13. The zero-order valence-electron chi connectivity index (χ0n) is 13.5. The van der Waals surface area contributed by atoms with Crippen LogP contribution in [0.3, 0.4) is 0 Å². The summed E-state index contributed by atoms with van der Waals surface area (Å²) >= 11 is 0. The Balaban J connectivity index is 1.82. The maximum atomic E-state index is 13.0.